The largest absolute Gasteiger partial charge is 0.299 e. The number of sulfonamides is 1. The van der Waals surface area contributed by atoms with Crippen LogP contribution in [0.5, 0.6) is 0 Å². The van der Waals surface area contributed by atoms with Crippen molar-refractivity contribution in [2.75, 3.05) is 0 Å². The molecule has 0 spiro atoms. The first-order valence-corrected chi connectivity index (χ1v) is 12.3. The van der Waals surface area contributed by atoms with E-state index in [-0.39, 0.29) is 29.1 Å². The van der Waals surface area contributed by atoms with Gasteiger partial charge in [-0.3, -0.25) is 14.8 Å². The van der Waals surface area contributed by atoms with Crippen molar-refractivity contribution in [3.63, 3.8) is 0 Å². The van der Waals surface area contributed by atoms with Crippen molar-refractivity contribution in [3.8, 4) is 0 Å². The molecule has 4 aromatic rings. The van der Waals surface area contributed by atoms with E-state index in [1.54, 1.807) is 36.8 Å². The number of rotatable bonds is 8. The number of aromatic nitrogens is 2. The normalized spacial score (nSPS) is 17.7. The Labute approximate surface area is 192 Å². The van der Waals surface area contributed by atoms with Crippen LogP contribution in [0.4, 0.5) is 0 Å². The zero-order chi connectivity index (χ0) is 22.8. The zero-order valence-electron chi connectivity index (χ0n) is 17.9. The molecule has 0 aliphatic heterocycles. The standard InChI is InChI=1S/C26H23N3O3S/c30-26(13-18-3-4-22-17-28-11-9-21(22)12-18)25-14-24(25)20-5-7-23(8-6-20)33(31,32)29-16-19-2-1-10-27-15-19/h1-12,15,17,24-25,29H,13-14,16H2/t24-,25+/m0/s1. The predicted octanol–water partition coefficient (Wildman–Crippen LogP) is 4.02. The molecule has 1 saturated carbocycles. The minimum absolute atomic E-state index is 0.00991. The van der Waals surface area contributed by atoms with Gasteiger partial charge in [-0.1, -0.05) is 36.4 Å². The smallest absolute Gasteiger partial charge is 0.240 e. The number of pyridine rings is 2. The summed E-state index contributed by atoms with van der Waals surface area (Å²) in [5.74, 6) is 0.370. The van der Waals surface area contributed by atoms with Crippen molar-refractivity contribution in [2.45, 2.75) is 30.2 Å². The molecule has 2 aromatic carbocycles. The highest BCUT2D eigenvalue weighted by Gasteiger charge is 2.43. The highest BCUT2D eigenvalue weighted by molar-refractivity contribution is 7.89. The monoisotopic (exact) mass is 457 g/mol. The first kappa shape index (κ1) is 21.4. The van der Waals surface area contributed by atoms with Crippen molar-refractivity contribution in [2.24, 2.45) is 5.92 Å². The van der Waals surface area contributed by atoms with Gasteiger partial charge in [-0.05, 0) is 58.7 Å². The molecular formula is C26H23N3O3S. The number of Topliss-reactive ketones (excluding diaryl/α,β-unsaturated/α-hetero) is 1. The van der Waals surface area contributed by atoms with Gasteiger partial charge in [0, 0.05) is 49.1 Å². The number of ketones is 1. The molecule has 6 nitrogen and oxygen atoms in total. The van der Waals surface area contributed by atoms with E-state index in [9.17, 15) is 13.2 Å². The van der Waals surface area contributed by atoms with Crippen LogP contribution in [-0.4, -0.2) is 24.2 Å². The third kappa shape index (κ3) is 4.84. The SMILES string of the molecule is O=C(Cc1ccc2cnccc2c1)[C@@H]1C[C@H]1c1ccc(S(=O)(=O)NCc2cccnc2)cc1. The molecule has 1 aliphatic carbocycles. The Morgan fingerprint density at radius 1 is 0.909 bits per heavy atom. The number of benzene rings is 2. The van der Waals surface area contributed by atoms with Crippen LogP contribution in [0, 0.1) is 5.92 Å². The van der Waals surface area contributed by atoms with E-state index in [1.807, 2.05) is 48.7 Å². The molecule has 1 N–H and O–H groups in total. The molecule has 7 heteroatoms. The van der Waals surface area contributed by atoms with Gasteiger partial charge in [-0.25, -0.2) is 13.1 Å². The topological polar surface area (TPSA) is 89.0 Å². The van der Waals surface area contributed by atoms with E-state index in [0.717, 1.165) is 33.9 Å². The summed E-state index contributed by atoms with van der Waals surface area (Å²) in [6.45, 7) is 0.183. The maximum atomic E-state index is 12.8. The summed E-state index contributed by atoms with van der Waals surface area (Å²) in [6.07, 6.45) is 8.06. The van der Waals surface area contributed by atoms with Crippen LogP contribution in [0.15, 0.2) is 90.3 Å². The van der Waals surface area contributed by atoms with Crippen molar-refractivity contribution >= 4 is 26.6 Å². The maximum absolute atomic E-state index is 12.8. The van der Waals surface area contributed by atoms with Gasteiger partial charge in [0.1, 0.15) is 5.78 Å². The summed E-state index contributed by atoms with van der Waals surface area (Å²) in [7, 11) is -3.62. The van der Waals surface area contributed by atoms with Gasteiger partial charge in [0.2, 0.25) is 10.0 Å². The second-order valence-electron chi connectivity index (χ2n) is 8.40. The molecule has 2 atom stereocenters. The van der Waals surface area contributed by atoms with E-state index in [0.29, 0.717) is 6.42 Å². The van der Waals surface area contributed by atoms with E-state index in [4.69, 9.17) is 0 Å². The molecule has 2 heterocycles. The van der Waals surface area contributed by atoms with Crippen molar-refractivity contribution in [3.05, 3.63) is 102 Å². The Balaban J connectivity index is 1.20. The second kappa shape index (κ2) is 8.84. The van der Waals surface area contributed by atoms with E-state index >= 15 is 0 Å². The van der Waals surface area contributed by atoms with Gasteiger partial charge >= 0.3 is 0 Å². The maximum Gasteiger partial charge on any atom is 0.240 e. The van der Waals surface area contributed by atoms with Gasteiger partial charge in [-0.15, -0.1) is 0 Å². The summed E-state index contributed by atoms with van der Waals surface area (Å²) < 4.78 is 27.8. The van der Waals surface area contributed by atoms with Gasteiger partial charge in [0.25, 0.3) is 0 Å². The predicted molar refractivity (Wildman–Crippen MR) is 126 cm³/mol. The van der Waals surface area contributed by atoms with Crippen molar-refractivity contribution in [1.29, 1.82) is 0 Å². The van der Waals surface area contributed by atoms with Crippen molar-refractivity contribution < 1.29 is 13.2 Å². The lowest BCUT2D eigenvalue weighted by molar-refractivity contribution is -0.119. The molecule has 33 heavy (non-hydrogen) atoms. The summed E-state index contributed by atoms with van der Waals surface area (Å²) in [4.78, 5) is 21.1. The van der Waals surface area contributed by atoms with Crippen LogP contribution in [0.2, 0.25) is 0 Å². The Kier molecular flexibility index (Phi) is 5.74. The Morgan fingerprint density at radius 2 is 1.73 bits per heavy atom. The highest BCUT2D eigenvalue weighted by Crippen LogP contribution is 2.48. The van der Waals surface area contributed by atoms with Crippen molar-refractivity contribution in [1.82, 2.24) is 14.7 Å². The Bertz CT molecular complexity index is 1400. The first-order chi connectivity index (χ1) is 16.0. The molecule has 0 saturated heterocycles. The molecule has 1 fully saturated rings. The number of hydrogen-bond acceptors (Lipinski definition) is 5. The fraction of sp³-hybridized carbons (Fsp3) is 0.192. The third-order valence-electron chi connectivity index (χ3n) is 6.09. The molecule has 1 aliphatic rings. The van der Waals surface area contributed by atoms with Crippen LogP contribution in [0.3, 0.4) is 0 Å². The van der Waals surface area contributed by atoms with E-state index < -0.39 is 10.0 Å². The van der Waals surface area contributed by atoms with Crippen LogP contribution in [-0.2, 0) is 27.8 Å². The third-order valence-corrected chi connectivity index (χ3v) is 7.51. The van der Waals surface area contributed by atoms with Crippen LogP contribution in [0.1, 0.15) is 29.0 Å². The van der Waals surface area contributed by atoms with Crippen LogP contribution in [0.25, 0.3) is 10.8 Å². The lowest BCUT2D eigenvalue weighted by Gasteiger charge is -2.08. The van der Waals surface area contributed by atoms with Crippen LogP contribution >= 0.6 is 0 Å². The second-order valence-corrected chi connectivity index (χ2v) is 10.2. The fourth-order valence-corrected chi connectivity index (χ4v) is 5.17. The number of nitrogens with zero attached hydrogens (tertiary/aromatic N) is 2. The van der Waals surface area contributed by atoms with Gasteiger partial charge in [0.05, 0.1) is 4.90 Å². The molecule has 2 aromatic heterocycles. The number of carbonyl (C=O) groups excluding carboxylic acids is 1. The summed E-state index contributed by atoms with van der Waals surface area (Å²) in [5, 5.41) is 2.14. The Morgan fingerprint density at radius 3 is 2.52 bits per heavy atom. The average molecular weight is 458 g/mol. The first-order valence-electron chi connectivity index (χ1n) is 10.8. The lowest BCUT2D eigenvalue weighted by Crippen LogP contribution is -2.23. The number of carbonyl (C=O) groups is 1. The number of fused-ring (bicyclic) bond motifs is 1. The van der Waals surface area contributed by atoms with Gasteiger partial charge in [-0.2, -0.15) is 0 Å². The number of hydrogen-bond donors (Lipinski definition) is 1. The quantitative estimate of drug-likeness (QED) is 0.432. The van der Waals surface area contributed by atoms with Gasteiger partial charge in [0.15, 0.2) is 0 Å². The molecule has 5 rings (SSSR count). The number of nitrogens with one attached hydrogen (secondary N) is 1. The van der Waals surface area contributed by atoms with E-state index in [2.05, 4.69) is 14.7 Å². The molecule has 0 amide bonds. The molecule has 0 radical (unpaired) electrons. The van der Waals surface area contributed by atoms with Gasteiger partial charge < -0.3 is 0 Å². The Hall–Kier alpha value is -3.42. The molecule has 166 valence electrons. The summed E-state index contributed by atoms with van der Waals surface area (Å²) >= 11 is 0. The summed E-state index contributed by atoms with van der Waals surface area (Å²) in [6, 6.07) is 18.4. The minimum Gasteiger partial charge on any atom is -0.299 e. The minimum atomic E-state index is -3.62. The average Bonchev–Trinajstić information content (AvgIpc) is 3.65. The molecule has 0 unspecified atom stereocenters. The summed E-state index contributed by atoms with van der Waals surface area (Å²) in [5.41, 5.74) is 2.80. The lowest BCUT2D eigenvalue weighted by atomic mass is 10.0. The van der Waals surface area contributed by atoms with E-state index in [1.165, 1.54) is 0 Å². The molecular weight excluding hydrogens is 434 g/mol. The fourth-order valence-electron chi connectivity index (χ4n) is 4.15. The van der Waals surface area contributed by atoms with Crippen LogP contribution < -0.4 is 4.72 Å². The zero-order valence-corrected chi connectivity index (χ0v) is 18.7. The molecule has 0 bridgehead atoms. The highest BCUT2D eigenvalue weighted by atomic mass is 32.2.